The lowest BCUT2D eigenvalue weighted by molar-refractivity contribution is 0.0635. The monoisotopic (exact) mass is 619 g/mol. The molecule has 1 saturated heterocycles. The highest BCUT2D eigenvalue weighted by Crippen LogP contribution is 2.27. The van der Waals surface area contributed by atoms with Gasteiger partial charge in [-0.25, -0.2) is 4.79 Å². The SMILES string of the molecule is C=C(NCc1ccccc1)N(CCCN1CCN(C)CC1)Cc1ccc(C(=O)Nc2cscc2NC(=O)OC(C)(C)C)nc1. The van der Waals surface area contributed by atoms with Crippen molar-refractivity contribution in [1.29, 1.82) is 0 Å². The number of amides is 2. The number of benzene rings is 1. The molecule has 0 unspecified atom stereocenters. The molecule has 0 atom stereocenters. The Balaban J connectivity index is 1.35. The lowest BCUT2D eigenvalue weighted by Crippen LogP contribution is -2.45. The van der Waals surface area contributed by atoms with Crippen LogP contribution in [0.2, 0.25) is 0 Å². The third-order valence-electron chi connectivity index (χ3n) is 7.20. The summed E-state index contributed by atoms with van der Waals surface area (Å²) in [6.45, 7) is 17.3. The predicted molar refractivity (Wildman–Crippen MR) is 178 cm³/mol. The fraction of sp³-hybridized carbons (Fsp3) is 0.424. The number of ether oxygens (including phenoxy) is 1. The van der Waals surface area contributed by atoms with Crippen LogP contribution in [0.5, 0.6) is 0 Å². The van der Waals surface area contributed by atoms with E-state index in [2.05, 4.69) is 61.4 Å². The van der Waals surface area contributed by atoms with Gasteiger partial charge in [-0.1, -0.05) is 43.0 Å². The maximum absolute atomic E-state index is 13.0. The van der Waals surface area contributed by atoms with Gasteiger partial charge in [-0.2, -0.15) is 0 Å². The van der Waals surface area contributed by atoms with Crippen LogP contribution in [0.25, 0.3) is 0 Å². The molecule has 1 aromatic carbocycles. The summed E-state index contributed by atoms with van der Waals surface area (Å²) in [6, 6.07) is 13.9. The molecule has 10 nitrogen and oxygen atoms in total. The molecule has 1 aliphatic rings. The lowest BCUT2D eigenvalue weighted by Gasteiger charge is -2.33. The second-order valence-electron chi connectivity index (χ2n) is 12.0. The van der Waals surface area contributed by atoms with Crippen LogP contribution in [0.15, 0.2) is 71.8 Å². The Bertz CT molecular complexity index is 1360. The van der Waals surface area contributed by atoms with E-state index in [-0.39, 0.29) is 11.6 Å². The molecule has 3 N–H and O–H groups in total. The smallest absolute Gasteiger partial charge is 0.412 e. The number of pyridine rings is 1. The van der Waals surface area contributed by atoms with Gasteiger partial charge in [0.05, 0.1) is 17.2 Å². The van der Waals surface area contributed by atoms with Crippen LogP contribution in [0.1, 0.15) is 48.8 Å². The van der Waals surface area contributed by atoms with Crippen LogP contribution in [0.4, 0.5) is 16.2 Å². The molecule has 3 aromatic rings. The summed E-state index contributed by atoms with van der Waals surface area (Å²) in [7, 11) is 2.17. The van der Waals surface area contributed by atoms with Gasteiger partial charge in [0.1, 0.15) is 11.3 Å². The molecular formula is C33H45N7O3S. The predicted octanol–water partition coefficient (Wildman–Crippen LogP) is 5.44. The summed E-state index contributed by atoms with van der Waals surface area (Å²) in [5.74, 6) is 0.497. The van der Waals surface area contributed by atoms with E-state index >= 15 is 0 Å². The van der Waals surface area contributed by atoms with Crippen molar-refractivity contribution in [1.82, 2.24) is 25.0 Å². The van der Waals surface area contributed by atoms with Crippen LogP contribution in [0, 0.1) is 0 Å². The van der Waals surface area contributed by atoms with E-state index in [1.807, 2.05) is 24.3 Å². The molecule has 0 aliphatic carbocycles. The van der Waals surface area contributed by atoms with Crippen molar-refractivity contribution in [3.8, 4) is 0 Å². The molecule has 0 saturated carbocycles. The number of thiophene rings is 1. The Morgan fingerprint density at radius 2 is 1.70 bits per heavy atom. The van der Waals surface area contributed by atoms with Gasteiger partial charge in [-0.15, -0.1) is 11.3 Å². The van der Waals surface area contributed by atoms with Crippen molar-refractivity contribution < 1.29 is 14.3 Å². The van der Waals surface area contributed by atoms with E-state index in [0.717, 1.165) is 57.1 Å². The summed E-state index contributed by atoms with van der Waals surface area (Å²) in [5.41, 5.74) is 2.79. The number of piperazine rings is 1. The minimum Gasteiger partial charge on any atom is -0.444 e. The molecule has 2 aromatic heterocycles. The average molecular weight is 620 g/mol. The van der Waals surface area contributed by atoms with Crippen molar-refractivity contribution in [2.75, 3.05) is 56.9 Å². The molecule has 0 radical (unpaired) electrons. The number of nitrogens with zero attached hydrogens (tertiary/aromatic N) is 4. The number of hydrogen-bond donors (Lipinski definition) is 3. The van der Waals surface area contributed by atoms with Crippen molar-refractivity contribution in [3.05, 3.63) is 88.6 Å². The number of hydrogen-bond acceptors (Lipinski definition) is 9. The fourth-order valence-corrected chi connectivity index (χ4v) is 5.45. The van der Waals surface area contributed by atoms with Gasteiger partial charge in [-0.3, -0.25) is 15.1 Å². The zero-order valence-electron chi connectivity index (χ0n) is 26.3. The number of nitrogens with one attached hydrogen (secondary N) is 3. The Labute approximate surface area is 265 Å². The summed E-state index contributed by atoms with van der Waals surface area (Å²) >= 11 is 1.36. The molecule has 3 heterocycles. The molecule has 0 bridgehead atoms. The highest BCUT2D eigenvalue weighted by Gasteiger charge is 2.19. The quantitative estimate of drug-likeness (QED) is 0.233. The standard InChI is InChI=1S/C33H45N7O3S/c1-25(34-20-26-10-7-6-8-11-26)40(15-9-14-39-18-16-38(5)17-19-39)22-27-12-13-28(35-21-27)31(41)36-29-23-44-24-30(29)37-32(42)43-33(2,3)4/h6-8,10-13,21,23-24,34H,1,9,14-20,22H2,2-5H3,(H,36,41)(H,37,42). The number of aromatic nitrogens is 1. The van der Waals surface area contributed by atoms with Gasteiger partial charge < -0.3 is 30.1 Å². The average Bonchev–Trinajstić information content (AvgIpc) is 3.42. The number of carbonyl (C=O) groups excluding carboxylic acids is 2. The van der Waals surface area contributed by atoms with E-state index in [0.29, 0.717) is 24.5 Å². The molecule has 1 fully saturated rings. The summed E-state index contributed by atoms with van der Waals surface area (Å²) in [5, 5.41) is 12.5. The van der Waals surface area contributed by atoms with Gasteiger partial charge in [-0.05, 0) is 58.0 Å². The highest BCUT2D eigenvalue weighted by atomic mass is 32.1. The Kier molecular flexibility index (Phi) is 11.8. The minimum absolute atomic E-state index is 0.283. The summed E-state index contributed by atoms with van der Waals surface area (Å²) in [6.07, 6.45) is 2.17. The first kappa shape index (κ1) is 33.0. The highest BCUT2D eigenvalue weighted by molar-refractivity contribution is 7.09. The van der Waals surface area contributed by atoms with Crippen molar-refractivity contribution in [2.24, 2.45) is 0 Å². The lowest BCUT2D eigenvalue weighted by atomic mass is 10.2. The van der Waals surface area contributed by atoms with Crippen LogP contribution < -0.4 is 16.0 Å². The Morgan fingerprint density at radius 1 is 1.00 bits per heavy atom. The van der Waals surface area contributed by atoms with Crippen LogP contribution in [0.3, 0.4) is 0 Å². The maximum Gasteiger partial charge on any atom is 0.412 e. The minimum atomic E-state index is -0.625. The van der Waals surface area contributed by atoms with Gasteiger partial charge in [0.15, 0.2) is 0 Å². The second-order valence-corrected chi connectivity index (χ2v) is 12.8. The normalized spacial score (nSPS) is 14.1. The van der Waals surface area contributed by atoms with Gasteiger partial charge >= 0.3 is 6.09 Å². The van der Waals surface area contributed by atoms with Crippen molar-refractivity contribution in [2.45, 2.75) is 45.9 Å². The Morgan fingerprint density at radius 3 is 2.36 bits per heavy atom. The molecule has 0 spiro atoms. The van der Waals surface area contributed by atoms with E-state index in [1.54, 1.807) is 43.8 Å². The number of anilines is 2. The van der Waals surface area contributed by atoms with E-state index < -0.39 is 11.7 Å². The summed E-state index contributed by atoms with van der Waals surface area (Å²) in [4.78, 5) is 36.8. The first-order chi connectivity index (χ1) is 21.1. The fourth-order valence-electron chi connectivity index (χ4n) is 4.74. The molecule has 1 aliphatic heterocycles. The van der Waals surface area contributed by atoms with Crippen LogP contribution in [-0.4, -0.2) is 83.6 Å². The van der Waals surface area contributed by atoms with Gasteiger partial charge in [0, 0.05) is 62.8 Å². The number of carbonyl (C=O) groups is 2. The largest absolute Gasteiger partial charge is 0.444 e. The first-order valence-corrected chi connectivity index (χ1v) is 15.9. The van der Waals surface area contributed by atoms with E-state index in [1.165, 1.54) is 16.9 Å². The third kappa shape index (κ3) is 10.7. The first-order valence-electron chi connectivity index (χ1n) is 15.0. The maximum atomic E-state index is 13.0. The summed E-state index contributed by atoms with van der Waals surface area (Å²) < 4.78 is 5.32. The van der Waals surface area contributed by atoms with E-state index in [4.69, 9.17) is 4.74 Å². The number of likely N-dealkylation sites (N-methyl/N-ethyl adjacent to an activating group) is 1. The topological polar surface area (TPSA) is 102 Å². The van der Waals surface area contributed by atoms with Gasteiger partial charge in [0.2, 0.25) is 0 Å². The zero-order chi connectivity index (χ0) is 31.5. The Hall–Kier alpha value is -3.93. The third-order valence-corrected chi connectivity index (χ3v) is 7.94. The van der Waals surface area contributed by atoms with Crippen LogP contribution in [-0.2, 0) is 17.8 Å². The molecule has 2 amide bonds. The van der Waals surface area contributed by atoms with Crippen molar-refractivity contribution >= 4 is 34.7 Å². The molecule has 11 heteroatoms. The molecular weight excluding hydrogens is 574 g/mol. The van der Waals surface area contributed by atoms with Gasteiger partial charge in [0.25, 0.3) is 5.91 Å². The molecule has 4 rings (SSSR count). The second kappa shape index (κ2) is 15.7. The van der Waals surface area contributed by atoms with E-state index in [9.17, 15) is 9.59 Å². The van der Waals surface area contributed by atoms with Crippen LogP contribution >= 0.6 is 11.3 Å². The molecule has 236 valence electrons. The zero-order valence-corrected chi connectivity index (χ0v) is 27.1. The van der Waals surface area contributed by atoms with Crippen molar-refractivity contribution in [3.63, 3.8) is 0 Å². The number of rotatable bonds is 13. The molecule has 44 heavy (non-hydrogen) atoms.